The van der Waals surface area contributed by atoms with Gasteiger partial charge in [-0.3, -0.25) is 18.2 Å². The minimum absolute atomic E-state index is 0.230. The van der Waals surface area contributed by atoms with E-state index in [4.69, 9.17) is 97.8 Å². The minimum atomic E-state index is -5.60. The summed E-state index contributed by atoms with van der Waals surface area (Å²) in [6.45, 7) is -6.71. The summed E-state index contributed by atoms with van der Waals surface area (Å²) < 4.78 is 258. The van der Waals surface area contributed by atoms with Crippen molar-refractivity contribution in [3.05, 3.63) is 0 Å². The number of aldehydes is 1. The van der Waals surface area contributed by atoms with Crippen LogP contribution in [-0.2, 0) is 148 Å². The lowest BCUT2D eigenvalue weighted by Gasteiger charge is -2.49. The Kier molecular flexibility index (Phi) is 25.2. The number of carbonyl (C=O) groups is 1. The molecule has 11 fully saturated rings. The highest BCUT2D eigenvalue weighted by Crippen LogP contribution is 2.44. The smallest absolute Gasteiger partial charge is 0.394 e. The summed E-state index contributed by atoms with van der Waals surface area (Å²) >= 11 is 0. The minimum Gasteiger partial charge on any atom is -0.394 e. The fourth-order valence-corrected chi connectivity index (χ4v) is 15.5. The molecule has 0 spiro atoms. The molecule has 39 atom stereocenters. The van der Waals surface area contributed by atoms with E-state index in [1.54, 1.807) is 0 Å². The molecular formula is C48H74O49S4. The molecule has 0 unspecified atom stereocenters. The second-order valence-electron chi connectivity index (χ2n) is 24.5. The van der Waals surface area contributed by atoms with Crippen molar-refractivity contribution in [1.82, 2.24) is 0 Å². The van der Waals surface area contributed by atoms with Gasteiger partial charge in [-0.25, -0.2) is 16.7 Å². The highest BCUT2D eigenvalue weighted by Gasteiger charge is 2.64. The molecule has 11 aliphatic heterocycles. The SMILES string of the molecule is O=C[C@H](O)[C@@H](O[C@H]1O[C@@H]2CO[C@H]([C@H]1O)[C@H]2O[C@@H]1O[C@H](CO)[C@H](OS(=O)(=O)O)[C@H](O[C@H]2O[C@@H]3CO[C@H]([C@H]2O)[C@H]3O[C@@H]2O[C@H](CO)[C@H](OS(=O)(=O)O)[C@H](O[C@H]3O[C@@H]4CO[C@H]([C@H]3O)[C@H]4O[C@@H]3O[C@H](CO)[C@H](OS(=O)(=O)O)[C@H](O[C@H]4O[C@@H]5CO[C@@H]([C@H]5O)[C@H]4O)[C@H]3O)[C@H]2O)[C@H]1O)[C@@H](OS(=O)(=O)O)[C@H](O)CO. The van der Waals surface area contributed by atoms with Gasteiger partial charge in [0.2, 0.25) is 0 Å². The Balaban J connectivity index is 0.765. The van der Waals surface area contributed by atoms with Gasteiger partial charge in [0.05, 0.1) is 52.9 Å². The van der Waals surface area contributed by atoms with E-state index in [9.17, 15) is 128 Å². The van der Waals surface area contributed by atoms with Crippen molar-refractivity contribution in [2.75, 3.05) is 52.9 Å². The van der Waals surface area contributed by atoms with E-state index >= 15 is 0 Å². The Morgan fingerprint density at radius 1 is 0.356 bits per heavy atom. The van der Waals surface area contributed by atoms with Crippen LogP contribution in [0.25, 0.3) is 0 Å². The number of fused-ring (bicyclic) bond motifs is 8. The number of hydrogen-bond acceptors (Lipinski definition) is 45. The number of hydrogen-bond donors (Lipinski definition) is 18. The molecule has 0 amide bonds. The molecule has 0 aliphatic carbocycles. The van der Waals surface area contributed by atoms with Crippen molar-refractivity contribution in [3.63, 3.8) is 0 Å². The molecule has 18 N–H and O–H groups in total. The molecule has 584 valence electrons. The van der Waals surface area contributed by atoms with Crippen LogP contribution < -0.4 is 0 Å². The predicted molar refractivity (Wildman–Crippen MR) is 294 cm³/mol. The second kappa shape index (κ2) is 31.8. The fourth-order valence-electron chi connectivity index (χ4n) is 13.5. The molecule has 0 aromatic heterocycles. The van der Waals surface area contributed by atoms with Gasteiger partial charge in [0.15, 0.2) is 50.3 Å². The average molecular weight is 1560 g/mol. The lowest BCUT2D eigenvalue weighted by atomic mass is 9.96. The standard InChI is InChI=1S/C48H74O49S4/c49-1-10(54)27(28(11(55)2-50)94-98(64,65)66)87-43-21(58)36-29(16(84-43)7-77-36)88-47-25(62)40(33(13(4-52)81-47)96-100(70,71)72)92-45-23(60)38-31(18(86-45)9-79-38)90-48-26(63)41(34(14(5-53)82-48)97-101(73,74)75)93-44-22(59)37-30(17(85-44)8-78-37)89-46-24(61)39(32(12(3-51)80-46)95-99(67,68)69)91-42-20(57)35-19(56)15(83-42)6-76-35/h1,10-48,50-63H,2-9H2,(H,64,65,66)(H,67,68,69)(H,70,71,72)(H,73,74,75)/t10-,11+,12+,13+,14+,15+,16+,17+,18+,19-,20+,21+,22+,23+,24+,25+,26+,27+,28-,29-,30-,31-,32-,33-,34-,35-,36+,37+,38+,39+,40+,41+,42+,43+,44+,45+,46-,47-,48-/m0/s1. The molecule has 0 aromatic carbocycles. The zero-order valence-electron chi connectivity index (χ0n) is 51.1. The van der Waals surface area contributed by atoms with Crippen LogP contribution >= 0.6 is 0 Å². The third-order valence-corrected chi connectivity index (χ3v) is 19.9. The fraction of sp³-hybridized carbons (Fsp3) is 0.979. The van der Waals surface area contributed by atoms with Crippen molar-refractivity contribution in [2.45, 2.75) is 239 Å². The Labute approximate surface area is 568 Å². The molecular weight excluding hydrogens is 1490 g/mol. The number of rotatable bonds is 30. The van der Waals surface area contributed by atoms with Crippen molar-refractivity contribution in [2.24, 2.45) is 0 Å². The molecule has 8 bridgehead atoms. The molecule has 11 heterocycles. The van der Waals surface area contributed by atoms with Gasteiger partial charge in [-0.1, -0.05) is 0 Å². The Morgan fingerprint density at radius 3 is 0.980 bits per heavy atom. The van der Waals surface area contributed by atoms with E-state index in [0.717, 1.165) is 0 Å². The first kappa shape index (κ1) is 79.9. The Hall–Kier alpha value is -2.13. The highest BCUT2D eigenvalue weighted by atomic mass is 32.3. The van der Waals surface area contributed by atoms with Crippen LogP contribution in [-0.4, -0.2) is 422 Å². The van der Waals surface area contributed by atoms with E-state index in [1.165, 1.54) is 0 Å². The zero-order valence-corrected chi connectivity index (χ0v) is 54.4. The van der Waals surface area contributed by atoms with Crippen molar-refractivity contribution in [3.8, 4) is 0 Å². The summed E-state index contributed by atoms with van der Waals surface area (Å²) in [4.78, 5) is 11.7. The summed E-state index contributed by atoms with van der Waals surface area (Å²) in [5.74, 6) is 0. The van der Waals surface area contributed by atoms with Crippen LogP contribution in [0.3, 0.4) is 0 Å². The third-order valence-electron chi connectivity index (χ3n) is 18.0. The van der Waals surface area contributed by atoms with Gasteiger partial charge < -0.3 is 162 Å². The van der Waals surface area contributed by atoms with Gasteiger partial charge in [-0.2, -0.15) is 33.7 Å². The quantitative estimate of drug-likeness (QED) is 0.0235. The maximum atomic E-state index is 12.3. The Bertz CT molecular complexity index is 3260. The number of aliphatic hydroxyl groups excluding tert-OH is 14. The normalized spacial score (nSPS) is 47.6. The number of aliphatic hydroxyl groups is 14. The van der Waals surface area contributed by atoms with E-state index in [1.807, 2.05) is 0 Å². The van der Waals surface area contributed by atoms with Gasteiger partial charge in [-0.05, 0) is 0 Å². The van der Waals surface area contributed by atoms with Crippen LogP contribution in [0.5, 0.6) is 0 Å². The molecule has 0 saturated carbocycles. The summed E-state index contributed by atoms with van der Waals surface area (Å²) in [6, 6.07) is 0. The van der Waals surface area contributed by atoms with Crippen LogP contribution in [0.15, 0.2) is 0 Å². The van der Waals surface area contributed by atoms with Crippen LogP contribution in [0.4, 0.5) is 0 Å². The van der Waals surface area contributed by atoms with Gasteiger partial charge in [0.25, 0.3) is 0 Å². The maximum absolute atomic E-state index is 12.3. The maximum Gasteiger partial charge on any atom is 0.397 e. The molecule has 11 rings (SSSR count). The molecule has 101 heavy (non-hydrogen) atoms. The summed E-state index contributed by atoms with van der Waals surface area (Å²) in [7, 11) is -22.1. The lowest BCUT2D eigenvalue weighted by Crippen LogP contribution is -2.67. The van der Waals surface area contributed by atoms with Gasteiger partial charge in [-0.15, -0.1) is 0 Å². The first-order chi connectivity index (χ1) is 47.4. The molecule has 0 radical (unpaired) electrons. The highest BCUT2D eigenvalue weighted by molar-refractivity contribution is 7.81. The third kappa shape index (κ3) is 17.3. The molecule has 49 nitrogen and oxygen atoms in total. The summed E-state index contributed by atoms with van der Waals surface area (Å²) in [6.07, 6.45) is -76.4. The lowest BCUT2D eigenvalue weighted by molar-refractivity contribution is -0.381. The van der Waals surface area contributed by atoms with Crippen LogP contribution in [0.1, 0.15) is 0 Å². The largest absolute Gasteiger partial charge is 0.397 e. The number of ether oxygens (including phenoxy) is 18. The predicted octanol–water partition coefficient (Wildman–Crippen LogP) is -15.1. The van der Waals surface area contributed by atoms with Gasteiger partial charge >= 0.3 is 41.6 Å². The van der Waals surface area contributed by atoms with E-state index in [2.05, 4.69) is 4.18 Å². The molecule has 53 heteroatoms. The number of carbonyl (C=O) groups excluding carboxylic acids is 1. The zero-order chi connectivity index (χ0) is 73.4. The van der Waals surface area contributed by atoms with Crippen molar-refractivity contribution >= 4 is 47.9 Å². The van der Waals surface area contributed by atoms with E-state index in [-0.39, 0.29) is 12.9 Å². The van der Waals surface area contributed by atoms with Crippen molar-refractivity contribution in [1.29, 1.82) is 0 Å². The molecule has 11 aliphatic rings. The van der Waals surface area contributed by atoms with E-state index < -0.39 is 327 Å². The monoisotopic (exact) mass is 1560 g/mol. The molecule has 0 aromatic rings. The van der Waals surface area contributed by atoms with E-state index in [0.29, 0.717) is 0 Å². The van der Waals surface area contributed by atoms with Gasteiger partial charge in [0.1, 0.15) is 195 Å². The Morgan fingerprint density at radius 2 is 0.653 bits per heavy atom. The summed E-state index contributed by atoms with van der Waals surface area (Å²) in [5, 5.41) is 154. The first-order valence-electron chi connectivity index (χ1n) is 30.4. The average Bonchev–Trinajstić information content (AvgIpc) is 1.72. The van der Waals surface area contributed by atoms with Gasteiger partial charge in [0, 0.05) is 0 Å². The summed E-state index contributed by atoms with van der Waals surface area (Å²) in [5.41, 5.74) is 0. The second-order valence-corrected chi connectivity index (χ2v) is 28.7. The van der Waals surface area contributed by atoms with Crippen molar-refractivity contribution < 1.29 is 230 Å². The first-order valence-corrected chi connectivity index (χ1v) is 35.8. The van der Waals surface area contributed by atoms with Crippen LogP contribution in [0, 0.1) is 0 Å². The topological polar surface area (TPSA) is 721 Å². The van der Waals surface area contributed by atoms with Crippen LogP contribution in [0.2, 0.25) is 0 Å². The molecule has 11 saturated heterocycles.